The second-order valence-electron chi connectivity index (χ2n) is 6.63. The van der Waals surface area contributed by atoms with Crippen molar-refractivity contribution in [3.63, 3.8) is 0 Å². The summed E-state index contributed by atoms with van der Waals surface area (Å²) >= 11 is 0. The summed E-state index contributed by atoms with van der Waals surface area (Å²) in [6, 6.07) is 6.74. The molecule has 0 unspecified atom stereocenters. The van der Waals surface area contributed by atoms with Gasteiger partial charge in [-0.05, 0) is 63.1 Å². The summed E-state index contributed by atoms with van der Waals surface area (Å²) in [6.45, 7) is 6.06. The zero-order chi connectivity index (χ0) is 14.1. The summed E-state index contributed by atoms with van der Waals surface area (Å²) in [5.74, 6) is 0.697. The molecule has 2 aliphatic rings. The van der Waals surface area contributed by atoms with E-state index in [1.165, 1.54) is 25.7 Å². The van der Waals surface area contributed by atoms with Crippen LogP contribution < -0.4 is 10.2 Å². The van der Waals surface area contributed by atoms with E-state index in [-0.39, 0.29) is 5.82 Å². The SMILES string of the molecule is CC(C)N(CC1CC1)c1ccc(CNC2CC2)cc1F. The zero-order valence-electron chi connectivity index (χ0n) is 12.5. The van der Waals surface area contributed by atoms with Crippen molar-refractivity contribution in [3.05, 3.63) is 29.6 Å². The van der Waals surface area contributed by atoms with E-state index in [1.54, 1.807) is 6.07 Å². The van der Waals surface area contributed by atoms with Gasteiger partial charge in [-0.1, -0.05) is 6.07 Å². The van der Waals surface area contributed by atoms with Crippen LogP contribution in [0.25, 0.3) is 0 Å². The lowest BCUT2D eigenvalue weighted by Crippen LogP contribution is -2.33. The van der Waals surface area contributed by atoms with Crippen molar-refractivity contribution in [3.8, 4) is 0 Å². The summed E-state index contributed by atoms with van der Waals surface area (Å²) in [5, 5.41) is 3.43. The summed E-state index contributed by atoms with van der Waals surface area (Å²) < 4.78 is 14.4. The second-order valence-corrected chi connectivity index (χ2v) is 6.63. The van der Waals surface area contributed by atoms with E-state index in [2.05, 4.69) is 30.1 Å². The van der Waals surface area contributed by atoms with Crippen molar-refractivity contribution in [2.75, 3.05) is 11.4 Å². The van der Waals surface area contributed by atoms with Crippen molar-refractivity contribution in [1.29, 1.82) is 0 Å². The van der Waals surface area contributed by atoms with Gasteiger partial charge in [-0.25, -0.2) is 4.39 Å². The minimum Gasteiger partial charge on any atom is -0.366 e. The van der Waals surface area contributed by atoms with Crippen LogP contribution in [0.1, 0.15) is 45.1 Å². The molecule has 0 radical (unpaired) electrons. The van der Waals surface area contributed by atoms with Crippen LogP contribution in [0.5, 0.6) is 0 Å². The van der Waals surface area contributed by atoms with E-state index in [9.17, 15) is 4.39 Å². The molecular formula is C17H25FN2. The van der Waals surface area contributed by atoms with Crippen molar-refractivity contribution < 1.29 is 4.39 Å². The van der Waals surface area contributed by atoms with E-state index in [1.807, 2.05) is 6.07 Å². The number of hydrogen-bond acceptors (Lipinski definition) is 2. The molecule has 0 amide bonds. The third-order valence-corrected chi connectivity index (χ3v) is 4.27. The second kappa shape index (κ2) is 5.72. The van der Waals surface area contributed by atoms with Crippen LogP contribution in [0.3, 0.4) is 0 Å². The number of benzene rings is 1. The van der Waals surface area contributed by atoms with Gasteiger partial charge in [-0.15, -0.1) is 0 Å². The van der Waals surface area contributed by atoms with Gasteiger partial charge in [0.15, 0.2) is 0 Å². The van der Waals surface area contributed by atoms with Gasteiger partial charge in [0.05, 0.1) is 5.69 Å². The topological polar surface area (TPSA) is 15.3 Å². The van der Waals surface area contributed by atoms with Gasteiger partial charge < -0.3 is 10.2 Å². The Morgan fingerprint density at radius 2 is 2.00 bits per heavy atom. The molecule has 2 nitrogen and oxygen atoms in total. The number of nitrogens with one attached hydrogen (secondary N) is 1. The van der Waals surface area contributed by atoms with Gasteiger partial charge in [0, 0.05) is 25.2 Å². The monoisotopic (exact) mass is 276 g/mol. The molecule has 0 saturated heterocycles. The van der Waals surface area contributed by atoms with E-state index in [4.69, 9.17) is 0 Å². The van der Waals surface area contributed by atoms with Crippen LogP contribution >= 0.6 is 0 Å². The Hall–Kier alpha value is -1.09. The normalized spacial score (nSPS) is 18.6. The van der Waals surface area contributed by atoms with Crippen LogP contribution in [0.2, 0.25) is 0 Å². The first-order valence-corrected chi connectivity index (χ1v) is 7.92. The van der Waals surface area contributed by atoms with E-state index < -0.39 is 0 Å². The molecular weight excluding hydrogens is 251 g/mol. The first-order valence-electron chi connectivity index (χ1n) is 7.92. The standard InChI is InChI=1S/C17H25FN2/c1-12(2)20(11-13-3-4-13)17-8-5-14(9-16(17)18)10-19-15-6-7-15/h5,8-9,12-13,15,19H,3-4,6-7,10-11H2,1-2H3. The lowest BCUT2D eigenvalue weighted by atomic mass is 10.1. The molecule has 1 N–H and O–H groups in total. The summed E-state index contributed by atoms with van der Waals surface area (Å²) in [5.41, 5.74) is 1.82. The molecule has 0 bridgehead atoms. The molecule has 2 fully saturated rings. The van der Waals surface area contributed by atoms with Crippen LogP contribution in [0.4, 0.5) is 10.1 Å². The average molecular weight is 276 g/mol. The minimum absolute atomic E-state index is 0.0746. The highest BCUT2D eigenvalue weighted by Crippen LogP contribution is 2.33. The average Bonchev–Trinajstić information content (AvgIpc) is 3.28. The number of rotatable bonds is 7. The zero-order valence-corrected chi connectivity index (χ0v) is 12.5. The van der Waals surface area contributed by atoms with Gasteiger partial charge >= 0.3 is 0 Å². The maximum Gasteiger partial charge on any atom is 0.146 e. The first kappa shape index (κ1) is 13.9. The summed E-state index contributed by atoms with van der Waals surface area (Å²) in [7, 11) is 0. The third-order valence-electron chi connectivity index (χ3n) is 4.27. The van der Waals surface area contributed by atoms with E-state index >= 15 is 0 Å². The van der Waals surface area contributed by atoms with Crippen molar-refractivity contribution in [1.82, 2.24) is 5.32 Å². The molecule has 20 heavy (non-hydrogen) atoms. The Balaban J connectivity index is 1.69. The van der Waals surface area contributed by atoms with Crippen LogP contribution in [-0.2, 0) is 6.54 Å². The fourth-order valence-electron chi connectivity index (χ4n) is 2.61. The Bertz CT molecular complexity index is 464. The predicted octanol–water partition coefficient (Wildman–Crippen LogP) is 3.70. The molecule has 0 heterocycles. The molecule has 0 atom stereocenters. The van der Waals surface area contributed by atoms with Crippen molar-refractivity contribution >= 4 is 5.69 Å². The van der Waals surface area contributed by atoms with Gasteiger partial charge in [0.2, 0.25) is 0 Å². The van der Waals surface area contributed by atoms with Crippen LogP contribution in [0, 0.1) is 11.7 Å². The quantitative estimate of drug-likeness (QED) is 0.817. The highest BCUT2D eigenvalue weighted by atomic mass is 19.1. The van der Waals surface area contributed by atoms with Gasteiger partial charge in [0.1, 0.15) is 5.82 Å². The third kappa shape index (κ3) is 3.51. The molecule has 1 aromatic carbocycles. The molecule has 2 saturated carbocycles. The number of hydrogen-bond donors (Lipinski definition) is 1. The Morgan fingerprint density at radius 3 is 2.55 bits per heavy atom. The summed E-state index contributed by atoms with van der Waals surface area (Å²) in [6.07, 6.45) is 5.13. The number of anilines is 1. The molecule has 0 aliphatic heterocycles. The van der Waals surface area contributed by atoms with E-state index in [0.29, 0.717) is 12.1 Å². The molecule has 110 valence electrons. The molecule has 3 rings (SSSR count). The first-order chi connectivity index (χ1) is 9.63. The smallest absolute Gasteiger partial charge is 0.146 e. The van der Waals surface area contributed by atoms with Crippen LogP contribution in [-0.4, -0.2) is 18.6 Å². The lowest BCUT2D eigenvalue weighted by molar-refractivity contribution is 0.584. The Kier molecular flexibility index (Phi) is 3.97. The fourth-order valence-corrected chi connectivity index (χ4v) is 2.61. The largest absolute Gasteiger partial charge is 0.366 e. The predicted molar refractivity (Wildman–Crippen MR) is 81.5 cm³/mol. The molecule has 1 aromatic rings. The molecule has 2 aliphatic carbocycles. The number of halogens is 1. The van der Waals surface area contributed by atoms with Gasteiger partial charge in [0.25, 0.3) is 0 Å². The van der Waals surface area contributed by atoms with Gasteiger partial charge in [-0.3, -0.25) is 0 Å². The van der Waals surface area contributed by atoms with Gasteiger partial charge in [-0.2, -0.15) is 0 Å². The maximum absolute atomic E-state index is 14.4. The van der Waals surface area contributed by atoms with Crippen LogP contribution in [0.15, 0.2) is 18.2 Å². The molecule has 3 heteroatoms. The highest BCUT2D eigenvalue weighted by Gasteiger charge is 2.27. The highest BCUT2D eigenvalue weighted by molar-refractivity contribution is 5.50. The fraction of sp³-hybridized carbons (Fsp3) is 0.647. The Labute approximate surface area is 121 Å². The minimum atomic E-state index is -0.0746. The number of nitrogens with zero attached hydrogens (tertiary/aromatic N) is 1. The lowest BCUT2D eigenvalue weighted by Gasteiger charge is -2.29. The van der Waals surface area contributed by atoms with Crippen molar-refractivity contribution in [2.45, 2.75) is 58.2 Å². The molecule has 0 spiro atoms. The summed E-state index contributed by atoms with van der Waals surface area (Å²) in [4.78, 5) is 2.21. The van der Waals surface area contributed by atoms with Crippen molar-refractivity contribution in [2.24, 2.45) is 5.92 Å². The molecule has 0 aromatic heterocycles. The Morgan fingerprint density at radius 1 is 1.25 bits per heavy atom. The van der Waals surface area contributed by atoms with E-state index in [0.717, 1.165) is 30.3 Å². The maximum atomic E-state index is 14.4.